The molecule has 0 unspecified atom stereocenters. The maximum atomic E-state index is 12.0. The normalized spacial score (nSPS) is 10.0. The van der Waals surface area contributed by atoms with E-state index < -0.39 is 18.5 Å². The van der Waals surface area contributed by atoms with E-state index in [9.17, 15) is 9.59 Å². The van der Waals surface area contributed by atoms with Crippen LogP contribution in [0.1, 0.15) is 5.56 Å². The molecule has 0 saturated carbocycles. The highest BCUT2D eigenvalue weighted by molar-refractivity contribution is 5.93. The van der Waals surface area contributed by atoms with E-state index in [1.54, 1.807) is 30.3 Å². The largest absolute Gasteiger partial charge is 0.497 e. The number of carbonyl (C=O) groups excluding carboxylic acids is 2. The van der Waals surface area contributed by atoms with Gasteiger partial charge in [-0.3, -0.25) is 4.79 Å². The number of hydrogen-bond acceptors (Lipinski definition) is 7. The van der Waals surface area contributed by atoms with Crippen LogP contribution in [-0.2, 0) is 14.3 Å². The van der Waals surface area contributed by atoms with Crippen molar-refractivity contribution in [2.75, 3.05) is 39.9 Å². The summed E-state index contributed by atoms with van der Waals surface area (Å²) in [5.74, 6) is 0.784. The number of ether oxygens (including phenoxy) is 5. The number of nitrogens with one attached hydrogen (secondary N) is 1. The molecular formula is C20H23NO7. The molecule has 0 atom stereocenters. The molecule has 0 radical (unpaired) electrons. The molecule has 28 heavy (non-hydrogen) atoms. The number of rotatable bonds is 9. The Labute approximate surface area is 163 Å². The third-order valence-electron chi connectivity index (χ3n) is 3.66. The number of anilines is 1. The monoisotopic (exact) mass is 389 g/mol. The van der Waals surface area contributed by atoms with Crippen LogP contribution in [0.3, 0.4) is 0 Å². The molecule has 0 aliphatic carbocycles. The van der Waals surface area contributed by atoms with Gasteiger partial charge < -0.3 is 29.0 Å². The smallest absolute Gasteiger partial charge is 0.344 e. The third kappa shape index (κ3) is 6.08. The summed E-state index contributed by atoms with van der Waals surface area (Å²) in [7, 11) is 4.52. The molecule has 0 fully saturated rings. The van der Waals surface area contributed by atoms with E-state index in [2.05, 4.69) is 5.32 Å². The average Bonchev–Trinajstić information content (AvgIpc) is 2.70. The van der Waals surface area contributed by atoms with Crippen molar-refractivity contribution in [3.05, 3.63) is 42.0 Å². The van der Waals surface area contributed by atoms with Crippen molar-refractivity contribution >= 4 is 17.6 Å². The molecule has 0 aliphatic heterocycles. The number of carbonyl (C=O) groups is 2. The molecule has 0 aromatic heterocycles. The van der Waals surface area contributed by atoms with Crippen LogP contribution in [0.5, 0.6) is 23.0 Å². The number of methoxy groups -OCH3 is 3. The van der Waals surface area contributed by atoms with Gasteiger partial charge in [-0.05, 0) is 24.6 Å². The van der Waals surface area contributed by atoms with E-state index in [1.807, 2.05) is 13.0 Å². The molecule has 0 bridgehead atoms. The minimum absolute atomic E-state index is 0.348. The summed E-state index contributed by atoms with van der Waals surface area (Å²) in [4.78, 5) is 23.8. The van der Waals surface area contributed by atoms with Crippen LogP contribution in [0.15, 0.2) is 36.4 Å². The summed E-state index contributed by atoms with van der Waals surface area (Å²) in [6.45, 7) is 1.11. The summed E-state index contributed by atoms with van der Waals surface area (Å²) < 4.78 is 25.8. The Balaban J connectivity index is 1.83. The molecule has 0 saturated heterocycles. The molecule has 2 rings (SSSR count). The first-order chi connectivity index (χ1) is 13.4. The highest BCUT2D eigenvalue weighted by Crippen LogP contribution is 2.28. The van der Waals surface area contributed by atoms with Crippen molar-refractivity contribution in [3.63, 3.8) is 0 Å². The summed E-state index contributed by atoms with van der Waals surface area (Å²) >= 11 is 0. The lowest BCUT2D eigenvalue weighted by Crippen LogP contribution is -2.23. The van der Waals surface area contributed by atoms with Crippen LogP contribution >= 0.6 is 0 Å². The number of esters is 1. The van der Waals surface area contributed by atoms with Gasteiger partial charge in [0.1, 0.15) is 11.5 Å². The number of hydrogen-bond donors (Lipinski definition) is 1. The minimum atomic E-state index is -0.680. The second-order valence-corrected chi connectivity index (χ2v) is 5.75. The fraction of sp³-hybridized carbons (Fsp3) is 0.300. The molecule has 1 amide bonds. The fourth-order valence-electron chi connectivity index (χ4n) is 2.30. The SMILES string of the molecule is COc1cc(NC(=O)COC(=O)COc2ccc(C)cc2OC)cc(OC)c1. The number of aryl methyl sites for hydroxylation is 1. The van der Waals surface area contributed by atoms with Crippen molar-refractivity contribution in [2.24, 2.45) is 0 Å². The predicted molar refractivity (Wildman–Crippen MR) is 102 cm³/mol. The van der Waals surface area contributed by atoms with Gasteiger partial charge in [-0.2, -0.15) is 0 Å². The van der Waals surface area contributed by atoms with Gasteiger partial charge >= 0.3 is 5.97 Å². The third-order valence-corrected chi connectivity index (χ3v) is 3.66. The molecule has 0 heterocycles. The van der Waals surface area contributed by atoms with Crippen molar-refractivity contribution in [3.8, 4) is 23.0 Å². The van der Waals surface area contributed by atoms with Gasteiger partial charge in [0.05, 0.1) is 21.3 Å². The van der Waals surface area contributed by atoms with Gasteiger partial charge in [0, 0.05) is 23.9 Å². The second-order valence-electron chi connectivity index (χ2n) is 5.75. The molecule has 1 N–H and O–H groups in total. The van der Waals surface area contributed by atoms with Crippen LogP contribution < -0.4 is 24.3 Å². The zero-order valence-electron chi connectivity index (χ0n) is 16.2. The number of benzene rings is 2. The van der Waals surface area contributed by atoms with Crippen molar-refractivity contribution in [2.45, 2.75) is 6.92 Å². The zero-order valence-corrected chi connectivity index (χ0v) is 16.2. The summed E-state index contributed by atoms with van der Waals surface area (Å²) in [6.07, 6.45) is 0. The van der Waals surface area contributed by atoms with E-state index in [4.69, 9.17) is 23.7 Å². The Kier molecular flexibility index (Phi) is 7.50. The topological polar surface area (TPSA) is 92.3 Å². The van der Waals surface area contributed by atoms with E-state index >= 15 is 0 Å². The molecule has 0 aliphatic rings. The van der Waals surface area contributed by atoms with Crippen LogP contribution in [0.25, 0.3) is 0 Å². The zero-order chi connectivity index (χ0) is 20.5. The van der Waals surface area contributed by atoms with Crippen LogP contribution in [0.2, 0.25) is 0 Å². The standard InChI is InChI=1S/C20H23NO7/c1-13-5-6-17(18(7-13)26-4)27-12-20(23)28-11-19(22)21-14-8-15(24-2)10-16(9-14)25-3/h5-10H,11-12H2,1-4H3,(H,21,22). The van der Waals surface area contributed by atoms with Gasteiger partial charge in [-0.15, -0.1) is 0 Å². The molecule has 2 aromatic carbocycles. The Morgan fingerprint density at radius 1 is 0.857 bits per heavy atom. The summed E-state index contributed by atoms with van der Waals surface area (Å²) in [5.41, 5.74) is 1.45. The summed E-state index contributed by atoms with van der Waals surface area (Å²) in [5, 5.41) is 2.61. The lowest BCUT2D eigenvalue weighted by Gasteiger charge is -2.12. The molecule has 150 valence electrons. The Bertz CT molecular complexity index is 813. The number of amides is 1. The van der Waals surface area contributed by atoms with Crippen molar-refractivity contribution < 1.29 is 33.3 Å². The lowest BCUT2D eigenvalue weighted by molar-refractivity contribution is -0.149. The highest BCUT2D eigenvalue weighted by atomic mass is 16.6. The fourth-order valence-corrected chi connectivity index (χ4v) is 2.30. The Morgan fingerprint density at radius 2 is 1.54 bits per heavy atom. The minimum Gasteiger partial charge on any atom is -0.497 e. The van der Waals surface area contributed by atoms with Gasteiger partial charge in [-0.1, -0.05) is 6.07 Å². The van der Waals surface area contributed by atoms with Crippen molar-refractivity contribution in [1.29, 1.82) is 0 Å². The lowest BCUT2D eigenvalue weighted by atomic mass is 10.2. The summed E-state index contributed by atoms with van der Waals surface area (Å²) in [6, 6.07) is 10.2. The van der Waals surface area contributed by atoms with E-state index in [0.29, 0.717) is 28.7 Å². The first-order valence-corrected chi connectivity index (χ1v) is 8.41. The first-order valence-electron chi connectivity index (χ1n) is 8.41. The van der Waals surface area contributed by atoms with Crippen LogP contribution in [0.4, 0.5) is 5.69 Å². The Morgan fingerprint density at radius 3 is 2.14 bits per heavy atom. The van der Waals surface area contributed by atoms with Crippen LogP contribution in [-0.4, -0.2) is 46.4 Å². The van der Waals surface area contributed by atoms with Gasteiger partial charge in [0.2, 0.25) is 0 Å². The first kappa shape index (κ1) is 20.9. The molecule has 8 heteroatoms. The van der Waals surface area contributed by atoms with Gasteiger partial charge in [-0.25, -0.2) is 4.79 Å². The molecule has 2 aromatic rings. The predicted octanol–water partition coefficient (Wildman–Crippen LogP) is 2.58. The maximum Gasteiger partial charge on any atom is 0.344 e. The van der Waals surface area contributed by atoms with E-state index in [1.165, 1.54) is 21.3 Å². The average molecular weight is 389 g/mol. The van der Waals surface area contributed by atoms with Gasteiger partial charge in [0.15, 0.2) is 24.7 Å². The molecule has 0 spiro atoms. The maximum absolute atomic E-state index is 12.0. The van der Waals surface area contributed by atoms with Gasteiger partial charge in [0.25, 0.3) is 5.91 Å². The van der Waals surface area contributed by atoms with E-state index in [-0.39, 0.29) is 6.61 Å². The van der Waals surface area contributed by atoms with Crippen LogP contribution in [0, 0.1) is 6.92 Å². The highest BCUT2D eigenvalue weighted by Gasteiger charge is 2.12. The molecular weight excluding hydrogens is 366 g/mol. The second kappa shape index (κ2) is 10.1. The van der Waals surface area contributed by atoms with Crippen molar-refractivity contribution in [1.82, 2.24) is 0 Å². The molecule has 8 nitrogen and oxygen atoms in total. The van der Waals surface area contributed by atoms with E-state index in [0.717, 1.165) is 5.56 Å². The Hall–Kier alpha value is -3.42. The quantitative estimate of drug-likeness (QED) is 0.659.